The first-order valence-corrected chi connectivity index (χ1v) is 8.71. The zero-order chi connectivity index (χ0) is 15.3. The molecule has 6 nitrogen and oxygen atoms in total. The molecule has 0 aliphatic heterocycles. The summed E-state index contributed by atoms with van der Waals surface area (Å²) in [5.74, 6) is 0.998. The number of carbonyl (C=O) groups excluding carboxylic acids is 1. The van der Waals surface area contributed by atoms with E-state index in [2.05, 4.69) is 15.6 Å². The highest BCUT2D eigenvalue weighted by molar-refractivity contribution is 7.84. The Morgan fingerprint density at radius 3 is 2.65 bits per heavy atom. The van der Waals surface area contributed by atoms with Gasteiger partial charge >= 0.3 is 0 Å². The number of amides is 1. The molecule has 1 atom stereocenters. The van der Waals surface area contributed by atoms with Gasteiger partial charge in [0.1, 0.15) is 10.7 Å². The largest absolute Gasteiger partial charge is 0.382 e. The first kappa shape index (κ1) is 16.9. The lowest BCUT2D eigenvalue weighted by Gasteiger charge is -2.19. The van der Waals surface area contributed by atoms with Crippen LogP contribution in [0.4, 0.5) is 10.9 Å². The lowest BCUT2D eigenvalue weighted by atomic mass is 10.1. The second-order valence-corrected chi connectivity index (χ2v) is 8.16. The Balaban J connectivity index is 2.62. The smallest absolute Gasteiger partial charge is 0.265 e. The van der Waals surface area contributed by atoms with E-state index in [1.165, 1.54) is 11.3 Å². The number of hydrogen-bond donors (Lipinski definition) is 3. The van der Waals surface area contributed by atoms with E-state index in [-0.39, 0.29) is 17.3 Å². The molecule has 1 aromatic heterocycles. The molecule has 0 aromatic carbocycles. The molecule has 0 saturated carbocycles. The van der Waals surface area contributed by atoms with Gasteiger partial charge in [0.05, 0.1) is 0 Å². The maximum Gasteiger partial charge on any atom is 0.265 e. The van der Waals surface area contributed by atoms with Gasteiger partial charge in [-0.2, -0.15) is 0 Å². The molecule has 0 fully saturated rings. The van der Waals surface area contributed by atoms with Crippen LogP contribution < -0.4 is 16.4 Å². The van der Waals surface area contributed by atoms with Crippen molar-refractivity contribution in [2.24, 2.45) is 0 Å². The molecule has 114 valence electrons. The summed E-state index contributed by atoms with van der Waals surface area (Å²) in [6.45, 7) is 8.24. The van der Waals surface area contributed by atoms with Crippen molar-refractivity contribution in [3.8, 4) is 0 Å². The van der Waals surface area contributed by atoms with E-state index in [1.807, 2.05) is 27.7 Å². The highest BCUT2D eigenvalue weighted by Gasteiger charge is 2.18. The van der Waals surface area contributed by atoms with Crippen LogP contribution in [0.2, 0.25) is 0 Å². The predicted octanol–water partition coefficient (Wildman–Crippen LogP) is 1.43. The molecule has 20 heavy (non-hydrogen) atoms. The Hall–Kier alpha value is -1.15. The summed E-state index contributed by atoms with van der Waals surface area (Å²) in [6.07, 6.45) is 0. The topological polar surface area (TPSA) is 97.1 Å². The molecule has 0 bridgehead atoms. The Bertz CT molecular complexity index is 494. The summed E-state index contributed by atoms with van der Waals surface area (Å²) < 4.78 is 11.3. The highest BCUT2D eigenvalue weighted by Crippen LogP contribution is 2.26. The fourth-order valence-corrected chi connectivity index (χ4v) is 3.00. The molecule has 1 unspecified atom stereocenters. The van der Waals surface area contributed by atoms with Crippen LogP contribution in [0.15, 0.2) is 0 Å². The van der Waals surface area contributed by atoms with Gasteiger partial charge in [0.15, 0.2) is 5.13 Å². The van der Waals surface area contributed by atoms with Gasteiger partial charge in [0, 0.05) is 34.4 Å². The third kappa shape index (κ3) is 5.46. The summed E-state index contributed by atoms with van der Waals surface area (Å²) in [4.78, 5) is 16.5. The zero-order valence-electron chi connectivity index (χ0n) is 12.3. The first-order chi connectivity index (χ1) is 9.23. The van der Waals surface area contributed by atoms with Gasteiger partial charge in [-0.1, -0.05) is 18.3 Å². The Morgan fingerprint density at radius 1 is 1.45 bits per heavy atom. The van der Waals surface area contributed by atoms with Crippen LogP contribution in [-0.4, -0.2) is 38.7 Å². The van der Waals surface area contributed by atoms with Crippen LogP contribution in [0.3, 0.4) is 0 Å². The third-order valence-corrected chi connectivity index (χ3v) is 4.57. The fourth-order valence-electron chi connectivity index (χ4n) is 1.37. The van der Waals surface area contributed by atoms with Crippen LogP contribution in [0.5, 0.6) is 0 Å². The summed E-state index contributed by atoms with van der Waals surface area (Å²) in [7, 11) is -0.884. The lowest BCUT2D eigenvalue weighted by Crippen LogP contribution is -2.28. The molecule has 1 amide bonds. The van der Waals surface area contributed by atoms with Crippen LogP contribution >= 0.6 is 11.3 Å². The van der Waals surface area contributed by atoms with Crippen LogP contribution in [0.25, 0.3) is 0 Å². The number of nitrogen functional groups attached to an aromatic ring is 1. The number of anilines is 2. The average molecular weight is 318 g/mol. The normalized spacial score (nSPS) is 13.0. The molecule has 0 spiro atoms. The van der Waals surface area contributed by atoms with Crippen molar-refractivity contribution in [2.45, 2.75) is 33.2 Å². The number of nitrogens with one attached hydrogen (secondary N) is 2. The van der Waals surface area contributed by atoms with E-state index in [1.54, 1.807) is 0 Å². The van der Waals surface area contributed by atoms with Crippen molar-refractivity contribution >= 4 is 39.0 Å². The van der Waals surface area contributed by atoms with Gasteiger partial charge in [0.25, 0.3) is 5.91 Å². The van der Waals surface area contributed by atoms with E-state index < -0.39 is 10.8 Å². The minimum absolute atomic E-state index is 0.143. The van der Waals surface area contributed by atoms with Crippen molar-refractivity contribution < 1.29 is 9.00 Å². The number of rotatable bonds is 6. The number of nitrogens with zero attached hydrogens (tertiary/aromatic N) is 1. The number of thiazole rings is 1. The van der Waals surface area contributed by atoms with Gasteiger partial charge < -0.3 is 16.4 Å². The monoisotopic (exact) mass is 318 g/mol. The molecule has 1 rings (SSSR count). The van der Waals surface area contributed by atoms with E-state index in [4.69, 9.17) is 5.73 Å². The summed E-state index contributed by atoms with van der Waals surface area (Å²) in [6, 6.07) is 0. The standard InChI is InChI=1S/C12H22N4O2S2/c1-5-20(18)7-6-14-10(17)8-9(13)15-11(19-8)16-12(2,3)4/h5-7,13H2,1-4H3,(H,14,17)(H,15,16). The minimum atomic E-state index is -0.884. The molecule has 4 N–H and O–H groups in total. The van der Waals surface area contributed by atoms with Crippen molar-refractivity contribution in [3.05, 3.63) is 4.88 Å². The first-order valence-electron chi connectivity index (χ1n) is 6.40. The Kier molecular flexibility index (Phi) is 5.94. The molecule has 1 aromatic rings. The minimum Gasteiger partial charge on any atom is -0.382 e. The molecule has 0 aliphatic rings. The summed E-state index contributed by atoms with van der Waals surface area (Å²) in [5.41, 5.74) is 5.61. The van der Waals surface area contributed by atoms with Crippen LogP contribution in [0.1, 0.15) is 37.4 Å². The second kappa shape index (κ2) is 7.03. The maximum absolute atomic E-state index is 12.0. The quantitative estimate of drug-likeness (QED) is 0.737. The average Bonchev–Trinajstić information content (AvgIpc) is 2.67. The molecule has 0 radical (unpaired) electrons. The van der Waals surface area contributed by atoms with Crippen molar-refractivity contribution in [3.63, 3.8) is 0 Å². The molecular weight excluding hydrogens is 296 g/mol. The Morgan fingerprint density at radius 2 is 2.10 bits per heavy atom. The molecule has 8 heteroatoms. The molecule has 0 saturated heterocycles. The van der Waals surface area contributed by atoms with Crippen molar-refractivity contribution in [1.29, 1.82) is 0 Å². The van der Waals surface area contributed by atoms with Crippen LogP contribution in [0, 0.1) is 0 Å². The highest BCUT2D eigenvalue weighted by atomic mass is 32.2. The molecule has 0 aliphatic carbocycles. The number of carbonyl (C=O) groups is 1. The van der Waals surface area contributed by atoms with Gasteiger partial charge in [-0.3, -0.25) is 9.00 Å². The van der Waals surface area contributed by atoms with E-state index in [9.17, 15) is 9.00 Å². The molecular formula is C12H22N4O2S2. The van der Waals surface area contributed by atoms with Gasteiger partial charge in [-0.05, 0) is 20.8 Å². The van der Waals surface area contributed by atoms with Crippen molar-refractivity contribution in [2.75, 3.05) is 29.1 Å². The summed E-state index contributed by atoms with van der Waals surface area (Å²) in [5, 5.41) is 6.51. The third-order valence-electron chi connectivity index (χ3n) is 2.28. The van der Waals surface area contributed by atoms with Gasteiger partial charge in [0.2, 0.25) is 0 Å². The van der Waals surface area contributed by atoms with Crippen molar-refractivity contribution in [1.82, 2.24) is 10.3 Å². The maximum atomic E-state index is 12.0. The number of aromatic nitrogens is 1. The fraction of sp³-hybridized carbons (Fsp3) is 0.667. The lowest BCUT2D eigenvalue weighted by molar-refractivity contribution is 0.0961. The van der Waals surface area contributed by atoms with Gasteiger partial charge in [-0.25, -0.2) is 4.98 Å². The second-order valence-electron chi connectivity index (χ2n) is 5.30. The predicted molar refractivity (Wildman–Crippen MR) is 85.8 cm³/mol. The molecule has 1 heterocycles. The SMILES string of the molecule is CCS(=O)CCNC(=O)c1sc(NC(C)(C)C)nc1N. The number of nitrogens with two attached hydrogens (primary N) is 1. The Labute approximate surface area is 126 Å². The van der Waals surface area contributed by atoms with Gasteiger partial charge in [-0.15, -0.1) is 0 Å². The summed E-state index contributed by atoms with van der Waals surface area (Å²) >= 11 is 1.22. The zero-order valence-corrected chi connectivity index (χ0v) is 13.9. The number of hydrogen-bond acceptors (Lipinski definition) is 6. The van der Waals surface area contributed by atoms with E-state index >= 15 is 0 Å². The van der Waals surface area contributed by atoms with E-state index in [0.717, 1.165) is 0 Å². The van der Waals surface area contributed by atoms with Crippen LogP contribution in [-0.2, 0) is 10.8 Å². The van der Waals surface area contributed by atoms with E-state index in [0.29, 0.717) is 28.1 Å².